The summed E-state index contributed by atoms with van der Waals surface area (Å²) in [5.41, 5.74) is 8.24. The number of hydrogen-bond acceptors (Lipinski definition) is 0. The molecular formula is C30H20ClN. The van der Waals surface area contributed by atoms with Gasteiger partial charge in [-0.25, -0.2) is 0 Å². The fraction of sp³-hybridized carbons (Fsp3) is 0. The van der Waals surface area contributed by atoms with E-state index >= 15 is 0 Å². The number of benzene rings is 5. The molecule has 0 spiro atoms. The van der Waals surface area contributed by atoms with Crippen LogP contribution < -0.4 is 0 Å². The maximum Gasteiger partial charge on any atom is 0.0556 e. The second-order valence-corrected chi connectivity index (χ2v) is 8.41. The largest absolute Gasteiger partial charge is 0.309 e. The van der Waals surface area contributed by atoms with E-state index in [1.807, 2.05) is 6.07 Å². The fourth-order valence-electron chi connectivity index (χ4n) is 4.61. The molecule has 0 fully saturated rings. The van der Waals surface area contributed by atoms with Crippen LogP contribution >= 0.6 is 11.6 Å². The van der Waals surface area contributed by atoms with Crippen LogP contribution in [0.5, 0.6) is 0 Å². The van der Waals surface area contributed by atoms with Crippen LogP contribution in [0, 0.1) is 0 Å². The molecule has 0 aliphatic rings. The van der Waals surface area contributed by atoms with E-state index in [1.54, 1.807) is 0 Å². The van der Waals surface area contributed by atoms with Crippen molar-refractivity contribution >= 4 is 33.4 Å². The van der Waals surface area contributed by atoms with Gasteiger partial charge in [-0.3, -0.25) is 0 Å². The van der Waals surface area contributed by atoms with Crippen LogP contribution in [0.15, 0.2) is 121 Å². The lowest BCUT2D eigenvalue weighted by Crippen LogP contribution is -1.97. The van der Waals surface area contributed by atoms with Crippen molar-refractivity contribution < 1.29 is 0 Å². The lowest BCUT2D eigenvalue weighted by atomic mass is 9.98. The van der Waals surface area contributed by atoms with Crippen LogP contribution in [0.4, 0.5) is 0 Å². The zero-order chi connectivity index (χ0) is 21.5. The molecule has 152 valence electrons. The van der Waals surface area contributed by atoms with E-state index in [1.165, 1.54) is 38.5 Å². The summed E-state index contributed by atoms with van der Waals surface area (Å²) in [6.45, 7) is 0. The molecule has 0 unspecified atom stereocenters. The Morgan fingerprint density at radius 1 is 0.469 bits per heavy atom. The third kappa shape index (κ3) is 3.10. The van der Waals surface area contributed by atoms with Gasteiger partial charge >= 0.3 is 0 Å². The highest BCUT2D eigenvalue weighted by Crippen LogP contribution is 2.37. The van der Waals surface area contributed by atoms with Crippen molar-refractivity contribution in [1.29, 1.82) is 0 Å². The number of hydrogen-bond donors (Lipinski definition) is 0. The smallest absolute Gasteiger partial charge is 0.0556 e. The van der Waals surface area contributed by atoms with Crippen LogP contribution in [0.2, 0.25) is 5.02 Å². The van der Waals surface area contributed by atoms with Gasteiger partial charge in [-0.1, -0.05) is 103 Å². The summed E-state index contributed by atoms with van der Waals surface area (Å²) in [4.78, 5) is 0. The van der Waals surface area contributed by atoms with Crippen molar-refractivity contribution in [2.75, 3.05) is 0 Å². The predicted molar refractivity (Wildman–Crippen MR) is 137 cm³/mol. The van der Waals surface area contributed by atoms with Crippen molar-refractivity contribution in [3.8, 4) is 27.9 Å². The third-order valence-electron chi connectivity index (χ3n) is 6.06. The third-order valence-corrected chi connectivity index (χ3v) is 6.30. The van der Waals surface area contributed by atoms with Crippen LogP contribution in [0.25, 0.3) is 49.7 Å². The Labute approximate surface area is 192 Å². The molecule has 0 atom stereocenters. The first-order chi connectivity index (χ1) is 15.8. The fourth-order valence-corrected chi connectivity index (χ4v) is 4.78. The van der Waals surface area contributed by atoms with Crippen LogP contribution in [-0.2, 0) is 0 Å². The average molecular weight is 430 g/mol. The average Bonchev–Trinajstić information content (AvgIpc) is 3.18. The zero-order valence-corrected chi connectivity index (χ0v) is 18.1. The molecule has 0 aliphatic heterocycles. The van der Waals surface area contributed by atoms with Gasteiger partial charge in [0.25, 0.3) is 0 Å². The van der Waals surface area contributed by atoms with Crippen LogP contribution in [0.3, 0.4) is 0 Å². The molecule has 0 N–H and O–H groups in total. The molecular weight excluding hydrogens is 410 g/mol. The van der Waals surface area contributed by atoms with Gasteiger partial charge in [0, 0.05) is 21.4 Å². The van der Waals surface area contributed by atoms with E-state index < -0.39 is 0 Å². The van der Waals surface area contributed by atoms with Crippen molar-refractivity contribution in [3.05, 3.63) is 126 Å². The number of aromatic nitrogens is 1. The molecule has 32 heavy (non-hydrogen) atoms. The highest BCUT2D eigenvalue weighted by Gasteiger charge is 2.15. The summed E-state index contributed by atoms with van der Waals surface area (Å²) in [5, 5.41) is 3.18. The van der Waals surface area contributed by atoms with E-state index in [4.69, 9.17) is 11.6 Å². The van der Waals surface area contributed by atoms with Crippen molar-refractivity contribution in [2.24, 2.45) is 0 Å². The molecule has 0 aliphatic carbocycles. The summed E-state index contributed by atoms with van der Waals surface area (Å²) in [5.74, 6) is 0. The maximum absolute atomic E-state index is 6.44. The predicted octanol–water partition coefficient (Wildman–Crippen LogP) is 8.77. The van der Waals surface area contributed by atoms with Gasteiger partial charge in [-0.2, -0.15) is 0 Å². The van der Waals surface area contributed by atoms with Gasteiger partial charge in [0.2, 0.25) is 0 Å². The van der Waals surface area contributed by atoms with Gasteiger partial charge in [0.1, 0.15) is 0 Å². The molecule has 1 nitrogen and oxygen atoms in total. The first kappa shape index (κ1) is 18.9. The Hall–Kier alpha value is -3.81. The summed E-state index contributed by atoms with van der Waals surface area (Å²) in [6, 6.07) is 42.6. The first-order valence-electron chi connectivity index (χ1n) is 10.7. The maximum atomic E-state index is 6.44. The number of halogens is 1. The van der Waals surface area contributed by atoms with Crippen LogP contribution in [0.1, 0.15) is 0 Å². The first-order valence-corrected chi connectivity index (χ1v) is 11.1. The molecule has 6 rings (SSSR count). The molecule has 0 radical (unpaired) electrons. The minimum Gasteiger partial charge on any atom is -0.309 e. The number of fused-ring (bicyclic) bond motifs is 3. The molecule has 1 heterocycles. The molecule has 5 aromatic carbocycles. The van der Waals surface area contributed by atoms with Crippen molar-refractivity contribution in [2.45, 2.75) is 0 Å². The minimum atomic E-state index is 0.741. The summed E-state index contributed by atoms with van der Waals surface area (Å²) in [7, 11) is 0. The van der Waals surface area contributed by atoms with Crippen LogP contribution in [-0.4, -0.2) is 4.57 Å². The Kier molecular flexibility index (Phi) is 4.56. The zero-order valence-electron chi connectivity index (χ0n) is 17.4. The van der Waals surface area contributed by atoms with E-state index in [0.29, 0.717) is 0 Å². The van der Waals surface area contributed by atoms with Gasteiger partial charge < -0.3 is 4.57 Å². The number of para-hydroxylation sites is 2. The quantitative estimate of drug-likeness (QED) is 0.265. The van der Waals surface area contributed by atoms with Crippen molar-refractivity contribution in [1.82, 2.24) is 4.57 Å². The topological polar surface area (TPSA) is 4.93 Å². The minimum absolute atomic E-state index is 0.741. The van der Waals surface area contributed by atoms with E-state index in [0.717, 1.165) is 16.2 Å². The SMILES string of the molecule is Clc1ccc2c3ccccc3n(-c3ccccc3-c3cccc(-c4ccccc4)c3)c2c1. The monoisotopic (exact) mass is 429 g/mol. The Morgan fingerprint density at radius 3 is 2.06 bits per heavy atom. The van der Waals surface area contributed by atoms with E-state index in [2.05, 4.69) is 120 Å². The summed E-state index contributed by atoms with van der Waals surface area (Å²) >= 11 is 6.44. The molecule has 2 heteroatoms. The van der Waals surface area contributed by atoms with Gasteiger partial charge in [-0.15, -0.1) is 0 Å². The molecule has 1 aromatic heterocycles. The Balaban J connectivity index is 1.63. The Bertz CT molecular complexity index is 1580. The Morgan fingerprint density at radius 2 is 1.16 bits per heavy atom. The van der Waals surface area contributed by atoms with E-state index in [-0.39, 0.29) is 0 Å². The molecule has 0 bridgehead atoms. The van der Waals surface area contributed by atoms with Crippen molar-refractivity contribution in [3.63, 3.8) is 0 Å². The standard InChI is InChI=1S/C30H20ClN/c31-24-17-18-27-26-14-5-7-16-29(26)32(30(27)20-24)28-15-6-4-13-25(28)23-12-8-11-22(19-23)21-9-2-1-3-10-21/h1-20H. The lowest BCUT2D eigenvalue weighted by Gasteiger charge is -2.15. The normalized spacial score (nSPS) is 11.3. The highest BCUT2D eigenvalue weighted by atomic mass is 35.5. The van der Waals surface area contributed by atoms with Gasteiger partial charge in [0.15, 0.2) is 0 Å². The van der Waals surface area contributed by atoms with Gasteiger partial charge in [0.05, 0.1) is 16.7 Å². The molecule has 0 amide bonds. The lowest BCUT2D eigenvalue weighted by molar-refractivity contribution is 1.18. The second-order valence-electron chi connectivity index (χ2n) is 7.98. The van der Waals surface area contributed by atoms with E-state index in [9.17, 15) is 0 Å². The number of rotatable bonds is 3. The second kappa shape index (κ2) is 7.71. The number of nitrogens with zero attached hydrogens (tertiary/aromatic N) is 1. The summed E-state index contributed by atoms with van der Waals surface area (Å²) < 4.78 is 2.33. The molecule has 0 saturated carbocycles. The highest BCUT2D eigenvalue weighted by molar-refractivity contribution is 6.31. The molecule has 0 saturated heterocycles. The summed E-state index contributed by atoms with van der Waals surface area (Å²) in [6.07, 6.45) is 0. The van der Waals surface area contributed by atoms with Gasteiger partial charge in [-0.05, 0) is 47.0 Å². The molecule has 6 aromatic rings.